The van der Waals surface area contributed by atoms with Crippen LogP contribution in [0.15, 0.2) is 54.6 Å². The molecule has 0 aliphatic rings. The number of nitro groups is 2. The molecule has 23 heavy (non-hydrogen) atoms. The van der Waals surface area contributed by atoms with E-state index in [9.17, 15) is 28.6 Å². The predicted octanol–water partition coefficient (Wildman–Crippen LogP) is 2.58. The zero-order valence-corrected chi connectivity index (χ0v) is 12.4. The number of hydrogen-bond donors (Lipinski definition) is 1. The molecule has 0 spiro atoms. The average molecular weight is 340 g/mol. The standard InChI is InChI=1S/C7H8O3S.C6H4N2O4/c8-11(9,10)6-7-4-2-1-3-5-7;9-7(10)5-2-1-3-6(4-5)8(11)12/h1-5H,6H2,(H,8,9,10);1-4H. The van der Waals surface area contributed by atoms with Gasteiger partial charge in [0.25, 0.3) is 21.5 Å². The Bertz CT molecular complexity index is 762. The van der Waals surface area contributed by atoms with Crippen LogP contribution < -0.4 is 0 Å². The van der Waals surface area contributed by atoms with Gasteiger partial charge >= 0.3 is 0 Å². The molecule has 0 bridgehead atoms. The van der Waals surface area contributed by atoms with Crippen LogP contribution in [-0.4, -0.2) is 22.8 Å². The molecule has 0 amide bonds. The van der Waals surface area contributed by atoms with E-state index in [0.29, 0.717) is 5.56 Å². The third-order valence-corrected chi connectivity index (χ3v) is 3.14. The van der Waals surface area contributed by atoms with Crippen molar-refractivity contribution >= 4 is 21.5 Å². The summed E-state index contributed by atoms with van der Waals surface area (Å²) in [7, 11) is -3.88. The molecule has 0 atom stereocenters. The maximum atomic E-state index is 10.4. The molecule has 0 aliphatic carbocycles. The van der Waals surface area contributed by atoms with E-state index < -0.39 is 20.0 Å². The van der Waals surface area contributed by atoms with Crippen molar-refractivity contribution in [2.75, 3.05) is 0 Å². The highest BCUT2D eigenvalue weighted by atomic mass is 32.2. The average Bonchev–Trinajstić information content (AvgIpc) is 2.47. The smallest absolute Gasteiger partial charge is 0.276 e. The molecule has 1 N–H and O–H groups in total. The second-order valence-electron chi connectivity index (χ2n) is 4.25. The molecule has 2 aromatic rings. The maximum absolute atomic E-state index is 10.4. The van der Waals surface area contributed by atoms with Crippen molar-refractivity contribution in [3.63, 3.8) is 0 Å². The fourth-order valence-electron chi connectivity index (χ4n) is 1.51. The van der Waals surface area contributed by atoms with Gasteiger partial charge in [-0.1, -0.05) is 30.3 Å². The monoisotopic (exact) mass is 340 g/mol. The summed E-state index contributed by atoms with van der Waals surface area (Å²) in [4.78, 5) is 19.0. The molecule has 0 aromatic heterocycles. The molecule has 0 saturated heterocycles. The van der Waals surface area contributed by atoms with Gasteiger partial charge in [0.1, 0.15) is 5.75 Å². The Morgan fingerprint density at radius 3 is 1.74 bits per heavy atom. The number of hydrogen-bond acceptors (Lipinski definition) is 6. The summed E-state index contributed by atoms with van der Waals surface area (Å²) in [6, 6.07) is 13.1. The molecular formula is C13H12N2O7S. The van der Waals surface area contributed by atoms with Gasteiger partial charge in [-0.2, -0.15) is 8.42 Å². The Kier molecular flexibility index (Phi) is 6.30. The van der Waals surface area contributed by atoms with Crippen molar-refractivity contribution < 1.29 is 22.8 Å². The fraction of sp³-hybridized carbons (Fsp3) is 0.0769. The lowest BCUT2D eigenvalue weighted by molar-refractivity contribution is -0.394. The maximum Gasteiger partial charge on any atom is 0.276 e. The number of non-ortho nitro benzene ring substituents is 2. The Hall–Kier alpha value is -2.85. The second kappa shape index (κ2) is 7.96. The molecule has 9 nitrogen and oxygen atoms in total. The molecule has 2 rings (SSSR count). The molecule has 0 unspecified atom stereocenters. The van der Waals surface area contributed by atoms with E-state index in [1.54, 1.807) is 30.3 Å². The quantitative estimate of drug-likeness (QED) is 0.512. The Labute approximate surface area is 131 Å². The van der Waals surface area contributed by atoms with Crippen molar-refractivity contribution in [1.82, 2.24) is 0 Å². The van der Waals surface area contributed by atoms with Gasteiger partial charge in [-0.15, -0.1) is 0 Å². The van der Waals surface area contributed by atoms with Crippen LogP contribution in [0.25, 0.3) is 0 Å². The van der Waals surface area contributed by atoms with E-state index in [4.69, 9.17) is 4.55 Å². The van der Waals surface area contributed by atoms with Crippen LogP contribution in [0.5, 0.6) is 0 Å². The Balaban J connectivity index is 0.000000231. The topological polar surface area (TPSA) is 141 Å². The van der Waals surface area contributed by atoms with E-state index in [1.165, 1.54) is 18.2 Å². The predicted molar refractivity (Wildman–Crippen MR) is 81.4 cm³/mol. The van der Waals surface area contributed by atoms with Crippen molar-refractivity contribution in [2.45, 2.75) is 5.75 Å². The number of benzene rings is 2. The van der Waals surface area contributed by atoms with Crippen LogP contribution in [0.1, 0.15) is 5.56 Å². The van der Waals surface area contributed by atoms with E-state index in [-0.39, 0.29) is 17.1 Å². The summed E-state index contributed by atoms with van der Waals surface area (Å²) in [6.45, 7) is 0. The number of nitrogens with zero attached hydrogens (tertiary/aromatic N) is 2. The van der Waals surface area contributed by atoms with E-state index in [0.717, 1.165) is 6.07 Å². The van der Waals surface area contributed by atoms with Crippen LogP contribution in [0, 0.1) is 20.2 Å². The first kappa shape index (κ1) is 18.2. The third kappa shape index (κ3) is 7.11. The lowest BCUT2D eigenvalue weighted by Crippen LogP contribution is -2.00. The molecular weight excluding hydrogens is 328 g/mol. The van der Waals surface area contributed by atoms with Gasteiger partial charge in [0.15, 0.2) is 0 Å². The first-order valence-electron chi connectivity index (χ1n) is 6.07. The largest absolute Gasteiger partial charge is 0.285 e. The Morgan fingerprint density at radius 2 is 1.35 bits per heavy atom. The highest BCUT2D eigenvalue weighted by Gasteiger charge is 2.11. The number of rotatable bonds is 4. The molecule has 2 aromatic carbocycles. The van der Waals surface area contributed by atoms with Gasteiger partial charge in [0.2, 0.25) is 0 Å². The molecule has 0 fully saturated rings. The normalized spacial score (nSPS) is 10.3. The Morgan fingerprint density at radius 1 is 0.870 bits per heavy atom. The summed E-state index contributed by atoms with van der Waals surface area (Å²) in [5.41, 5.74) is 0.0448. The van der Waals surface area contributed by atoms with Gasteiger partial charge < -0.3 is 0 Å². The summed E-state index contributed by atoms with van der Waals surface area (Å²) in [5, 5.41) is 20.3. The van der Waals surface area contributed by atoms with Gasteiger partial charge in [0, 0.05) is 12.1 Å². The van der Waals surface area contributed by atoms with Gasteiger partial charge in [-0.05, 0) is 11.6 Å². The van der Waals surface area contributed by atoms with Crippen LogP contribution in [0.4, 0.5) is 11.4 Å². The van der Waals surface area contributed by atoms with Gasteiger partial charge in [0.05, 0.1) is 15.9 Å². The lowest BCUT2D eigenvalue weighted by atomic mass is 10.2. The van der Waals surface area contributed by atoms with Crippen LogP contribution in [-0.2, 0) is 15.9 Å². The van der Waals surface area contributed by atoms with E-state index in [2.05, 4.69) is 0 Å². The van der Waals surface area contributed by atoms with Gasteiger partial charge in [-0.25, -0.2) is 0 Å². The second-order valence-corrected chi connectivity index (χ2v) is 5.70. The van der Waals surface area contributed by atoms with Crippen LogP contribution >= 0.6 is 0 Å². The molecule has 10 heteroatoms. The summed E-state index contributed by atoms with van der Waals surface area (Å²) in [5.74, 6) is -0.312. The minimum atomic E-state index is -3.88. The lowest BCUT2D eigenvalue weighted by Gasteiger charge is -1.95. The first-order valence-corrected chi connectivity index (χ1v) is 7.68. The third-order valence-electron chi connectivity index (χ3n) is 2.44. The molecule has 0 aliphatic heterocycles. The fourth-order valence-corrected chi connectivity index (χ4v) is 2.12. The summed E-state index contributed by atoms with van der Waals surface area (Å²) < 4.78 is 29.2. The summed E-state index contributed by atoms with van der Waals surface area (Å²) in [6.07, 6.45) is 0. The van der Waals surface area contributed by atoms with Crippen LogP contribution in [0.3, 0.4) is 0 Å². The minimum absolute atomic E-state index is 0.274. The molecule has 122 valence electrons. The van der Waals surface area contributed by atoms with Gasteiger partial charge in [-0.3, -0.25) is 24.8 Å². The highest BCUT2D eigenvalue weighted by Crippen LogP contribution is 2.18. The summed E-state index contributed by atoms with van der Waals surface area (Å²) >= 11 is 0. The van der Waals surface area contributed by atoms with Crippen molar-refractivity contribution in [2.24, 2.45) is 0 Å². The molecule has 0 radical (unpaired) electrons. The van der Waals surface area contributed by atoms with E-state index >= 15 is 0 Å². The van der Waals surface area contributed by atoms with Crippen molar-refractivity contribution in [3.8, 4) is 0 Å². The minimum Gasteiger partial charge on any atom is -0.285 e. The molecule has 0 heterocycles. The van der Waals surface area contributed by atoms with Crippen molar-refractivity contribution in [1.29, 1.82) is 0 Å². The first-order chi connectivity index (χ1) is 10.7. The zero-order valence-electron chi connectivity index (χ0n) is 11.6. The zero-order chi connectivity index (χ0) is 17.5. The SMILES string of the molecule is O=S(=O)(O)Cc1ccccc1.O=[N+]([O-])c1cccc([N+](=O)[O-])c1. The number of nitro benzene ring substituents is 2. The molecule has 0 saturated carbocycles. The van der Waals surface area contributed by atoms with E-state index in [1.807, 2.05) is 0 Å². The van der Waals surface area contributed by atoms with Crippen molar-refractivity contribution in [3.05, 3.63) is 80.4 Å². The van der Waals surface area contributed by atoms with Crippen LogP contribution in [0.2, 0.25) is 0 Å². The highest BCUT2D eigenvalue weighted by molar-refractivity contribution is 7.85.